The van der Waals surface area contributed by atoms with Crippen LogP contribution in [0.1, 0.15) is 6.92 Å². The van der Waals surface area contributed by atoms with Gasteiger partial charge in [-0.1, -0.05) is 30.0 Å². The monoisotopic (exact) mass is 316 g/mol. The average molecular weight is 316 g/mol. The summed E-state index contributed by atoms with van der Waals surface area (Å²) in [6.07, 6.45) is 1.70. The van der Waals surface area contributed by atoms with E-state index in [0.717, 1.165) is 22.7 Å². The van der Waals surface area contributed by atoms with E-state index in [1.54, 1.807) is 6.20 Å². The van der Waals surface area contributed by atoms with Crippen LogP contribution in [0.15, 0.2) is 40.4 Å². The van der Waals surface area contributed by atoms with Crippen molar-refractivity contribution in [2.45, 2.75) is 17.3 Å². The number of nitrogens with one attached hydrogen (secondary N) is 2. The van der Waals surface area contributed by atoms with Crippen molar-refractivity contribution in [3.63, 3.8) is 0 Å². The second-order valence-electron chi connectivity index (χ2n) is 4.65. The molecule has 0 aliphatic carbocycles. The van der Waals surface area contributed by atoms with Gasteiger partial charge in [-0.05, 0) is 13.0 Å². The van der Waals surface area contributed by atoms with E-state index >= 15 is 0 Å². The molecular weight excluding hydrogens is 304 g/mol. The smallest absolute Gasteiger partial charge is 0.316 e. The van der Waals surface area contributed by atoms with Crippen LogP contribution >= 0.6 is 11.8 Å². The van der Waals surface area contributed by atoms with Gasteiger partial charge in [-0.3, -0.25) is 14.6 Å². The largest absolute Gasteiger partial charge is 0.480 e. The molecule has 0 saturated carbocycles. The first-order chi connectivity index (χ1) is 10.6. The van der Waals surface area contributed by atoms with Gasteiger partial charge in [-0.25, -0.2) is 0 Å². The summed E-state index contributed by atoms with van der Waals surface area (Å²) in [5.41, 5.74) is 1.36. The Balaban J connectivity index is 1.99. The summed E-state index contributed by atoms with van der Waals surface area (Å²) in [5, 5.41) is 17.1. The van der Waals surface area contributed by atoms with Gasteiger partial charge in [0.15, 0.2) is 10.9 Å². The van der Waals surface area contributed by atoms with Gasteiger partial charge in [-0.15, -0.1) is 10.2 Å². The normalized spacial score (nSPS) is 12.4. The first-order valence-corrected chi connectivity index (χ1v) is 7.37. The first-order valence-electron chi connectivity index (χ1n) is 6.49. The maximum absolute atomic E-state index is 12.2. The summed E-state index contributed by atoms with van der Waals surface area (Å²) < 4.78 is 0. The van der Waals surface area contributed by atoms with Crippen molar-refractivity contribution in [3.05, 3.63) is 40.8 Å². The molecule has 0 fully saturated rings. The van der Waals surface area contributed by atoms with Crippen LogP contribution in [0.2, 0.25) is 0 Å². The van der Waals surface area contributed by atoms with Crippen LogP contribution in [0.25, 0.3) is 22.2 Å². The highest BCUT2D eigenvalue weighted by Crippen LogP contribution is 2.25. The molecule has 3 N–H and O–H groups in total. The zero-order chi connectivity index (χ0) is 15.7. The van der Waals surface area contributed by atoms with Crippen molar-refractivity contribution in [2.75, 3.05) is 0 Å². The lowest BCUT2D eigenvalue weighted by molar-refractivity contribution is -0.136. The number of aliphatic carboxylic acids is 1. The fraction of sp³-hybridized carbons (Fsp3) is 0.143. The molecule has 1 unspecified atom stereocenters. The van der Waals surface area contributed by atoms with E-state index < -0.39 is 16.8 Å². The van der Waals surface area contributed by atoms with Crippen molar-refractivity contribution >= 4 is 28.6 Å². The Hall–Kier alpha value is -2.61. The molecule has 0 spiro atoms. The Labute approximate surface area is 128 Å². The minimum absolute atomic E-state index is 0.184. The Morgan fingerprint density at radius 3 is 2.82 bits per heavy atom. The molecule has 2 heterocycles. The molecule has 8 heteroatoms. The number of hydrogen-bond donors (Lipinski definition) is 3. The van der Waals surface area contributed by atoms with Crippen LogP contribution < -0.4 is 5.56 Å². The Morgan fingerprint density at radius 1 is 1.32 bits per heavy atom. The van der Waals surface area contributed by atoms with Gasteiger partial charge in [-0.2, -0.15) is 0 Å². The molecular formula is C14H12N4O3S. The van der Waals surface area contributed by atoms with Gasteiger partial charge < -0.3 is 10.1 Å². The predicted octanol–water partition coefficient (Wildman–Crippen LogP) is 1.88. The predicted molar refractivity (Wildman–Crippen MR) is 82.9 cm³/mol. The number of aromatic amines is 2. The van der Waals surface area contributed by atoms with Gasteiger partial charge >= 0.3 is 5.97 Å². The van der Waals surface area contributed by atoms with E-state index in [1.807, 2.05) is 24.3 Å². The summed E-state index contributed by atoms with van der Waals surface area (Å²) in [6, 6.07) is 7.56. The Morgan fingerprint density at radius 2 is 2.09 bits per heavy atom. The standard InChI is InChI=1S/C14H12N4O3S/c1-7(13(20)21)22-14-16-12(19)11(17-18-14)9-6-15-10-5-3-2-4-8(9)10/h2-7,15H,1H3,(H,20,21)(H,16,18,19). The van der Waals surface area contributed by atoms with Crippen LogP contribution in [0.5, 0.6) is 0 Å². The second kappa shape index (κ2) is 5.64. The molecule has 0 saturated heterocycles. The van der Waals surface area contributed by atoms with Crippen molar-refractivity contribution in [1.29, 1.82) is 0 Å². The van der Waals surface area contributed by atoms with E-state index in [9.17, 15) is 9.59 Å². The molecule has 0 aliphatic heterocycles. The van der Waals surface area contributed by atoms with Crippen LogP contribution in [-0.2, 0) is 4.79 Å². The molecule has 112 valence electrons. The summed E-state index contributed by atoms with van der Waals surface area (Å²) in [4.78, 5) is 28.7. The number of thioether (sulfide) groups is 1. The topological polar surface area (TPSA) is 112 Å². The lowest BCUT2D eigenvalue weighted by Crippen LogP contribution is -2.17. The maximum atomic E-state index is 12.2. The molecule has 0 aliphatic rings. The third-order valence-electron chi connectivity index (χ3n) is 3.16. The van der Waals surface area contributed by atoms with Gasteiger partial charge in [0.2, 0.25) is 0 Å². The molecule has 3 aromatic rings. The quantitative estimate of drug-likeness (QED) is 0.634. The van der Waals surface area contributed by atoms with E-state index in [-0.39, 0.29) is 10.9 Å². The number of rotatable bonds is 4. The van der Waals surface area contributed by atoms with Crippen molar-refractivity contribution in [2.24, 2.45) is 0 Å². The Bertz CT molecular complexity index is 902. The first kappa shape index (κ1) is 14.3. The fourth-order valence-corrected chi connectivity index (χ4v) is 2.71. The van der Waals surface area contributed by atoms with Gasteiger partial charge in [0.25, 0.3) is 5.56 Å². The molecule has 3 rings (SSSR count). The van der Waals surface area contributed by atoms with E-state index in [2.05, 4.69) is 20.2 Å². The maximum Gasteiger partial charge on any atom is 0.316 e. The fourth-order valence-electron chi connectivity index (χ4n) is 2.04. The summed E-state index contributed by atoms with van der Waals surface area (Å²) in [6.45, 7) is 1.51. The number of para-hydroxylation sites is 1. The minimum Gasteiger partial charge on any atom is -0.480 e. The van der Waals surface area contributed by atoms with Crippen molar-refractivity contribution < 1.29 is 9.90 Å². The van der Waals surface area contributed by atoms with Crippen LogP contribution in [0.3, 0.4) is 0 Å². The third kappa shape index (κ3) is 2.60. The lowest BCUT2D eigenvalue weighted by atomic mass is 10.1. The summed E-state index contributed by atoms with van der Waals surface area (Å²) >= 11 is 0.939. The van der Waals surface area contributed by atoms with Crippen LogP contribution in [0.4, 0.5) is 0 Å². The number of benzene rings is 1. The zero-order valence-corrected chi connectivity index (χ0v) is 12.3. The molecule has 22 heavy (non-hydrogen) atoms. The highest BCUT2D eigenvalue weighted by molar-refractivity contribution is 8.00. The average Bonchev–Trinajstić information content (AvgIpc) is 2.91. The zero-order valence-electron chi connectivity index (χ0n) is 11.5. The van der Waals surface area contributed by atoms with Crippen molar-refractivity contribution in [3.8, 4) is 11.3 Å². The molecule has 1 atom stereocenters. The van der Waals surface area contributed by atoms with E-state index in [4.69, 9.17) is 5.11 Å². The molecule has 0 bridgehead atoms. The number of carbonyl (C=O) groups is 1. The number of fused-ring (bicyclic) bond motifs is 1. The Kier molecular flexibility index (Phi) is 3.68. The van der Waals surface area contributed by atoms with Gasteiger partial charge in [0.1, 0.15) is 5.25 Å². The SMILES string of the molecule is CC(Sc1nnc(-c2c[nH]c3ccccc23)c(=O)[nH]1)C(=O)O. The molecule has 0 amide bonds. The minimum atomic E-state index is -0.978. The van der Waals surface area contributed by atoms with E-state index in [0.29, 0.717) is 5.56 Å². The van der Waals surface area contributed by atoms with E-state index in [1.165, 1.54) is 6.92 Å². The second-order valence-corrected chi connectivity index (χ2v) is 5.98. The molecule has 1 aromatic carbocycles. The van der Waals surface area contributed by atoms with Gasteiger partial charge in [0.05, 0.1) is 0 Å². The number of nitrogens with zero attached hydrogens (tertiary/aromatic N) is 2. The summed E-state index contributed by atoms with van der Waals surface area (Å²) in [5.74, 6) is -0.978. The molecule has 0 radical (unpaired) electrons. The lowest BCUT2D eigenvalue weighted by Gasteiger charge is -2.04. The number of carboxylic acid groups (broad SMARTS) is 1. The number of H-pyrrole nitrogens is 2. The highest BCUT2D eigenvalue weighted by atomic mass is 32.2. The van der Waals surface area contributed by atoms with Crippen LogP contribution in [0, 0.1) is 0 Å². The van der Waals surface area contributed by atoms with Crippen LogP contribution in [-0.4, -0.2) is 36.5 Å². The summed E-state index contributed by atoms with van der Waals surface area (Å²) in [7, 11) is 0. The third-order valence-corrected chi connectivity index (χ3v) is 4.12. The highest BCUT2D eigenvalue weighted by Gasteiger charge is 2.17. The molecule has 7 nitrogen and oxygen atoms in total. The van der Waals surface area contributed by atoms with Crippen molar-refractivity contribution in [1.82, 2.24) is 20.2 Å². The number of hydrogen-bond acceptors (Lipinski definition) is 5. The van der Waals surface area contributed by atoms with Gasteiger partial charge in [0, 0.05) is 22.7 Å². The molecule has 2 aromatic heterocycles. The number of aromatic nitrogens is 4. The number of carboxylic acids is 1.